The Bertz CT molecular complexity index is 660. The van der Waals surface area contributed by atoms with E-state index < -0.39 is 0 Å². The Hall–Kier alpha value is -1.39. The van der Waals surface area contributed by atoms with Crippen molar-refractivity contribution in [3.05, 3.63) is 63.3 Å². The fraction of sp³-hybridized carbons (Fsp3) is 0.250. The van der Waals surface area contributed by atoms with Gasteiger partial charge in [0.15, 0.2) is 0 Å². The predicted octanol–water partition coefficient (Wildman–Crippen LogP) is 4.47. The smallest absolute Gasteiger partial charge is 0.255 e. The molecule has 0 aliphatic carbocycles. The van der Waals surface area contributed by atoms with E-state index in [9.17, 15) is 4.79 Å². The van der Waals surface area contributed by atoms with Crippen LogP contribution in [-0.2, 0) is 0 Å². The molecule has 3 nitrogen and oxygen atoms in total. The number of rotatable bonds is 2. The molecule has 5 heteroatoms. The normalized spacial score (nSPS) is 18.0. The van der Waals surface area contributed by atoms with Gasteiger partial charge in [0.05, 0.1) is 11.6 Å². The lowest BCUT2D eigenvalue weighted by Crippen LogP contribution is -2.30. The minimum absolute atomic E-state index is 0.0115. The van der Waals surface area contributed by atoms with Crippen LogP contribution in [0, 0.1) is 0 Å². The van der Waals surface area contributed by atoms with E-state index in [1.165, 1.54) is 0 Å². The highest BCUT2D eigenvalue weighted by Gasteiger charge is 2.31. The summed E-state index contributed by atoms with van der Waals surface area (Å²) in [6.07, 6.45) is 3.54. The van der Waals surface area contributed by atoms with Gasteiger partial charge in [-0.3, -0.25) is 4.79 Å². The van der Waals surface area contributed by atoms with Crippen LogP contribution in [0.2, 0.25) is 5.02 Å². The number of pyridine rings is 1. The van der Waals surface area contributed by atoms with Gasteiger partial charge in [0, 0.05) is 17.8 Å². The van der Waals surface area contributed by atoms with Gasteiger partial charge < -0.3 is 4.90 Å². The van der Waals surface area contributed by atoms with Crippen molar-refractivity contribution in [2.24, 2.45) is 0 Å². The molecule has 1 aromatic carbocycles. The van der Waals surface area contributed by atoms with Gasteiger partial charge in [-0.1, -0.05) is 29.8 Å². The summed E-state index contributed by atoms with van der Waals surface area (Å²) in [7, 11) is 0. The summed E-state index contributed by atoms with van der Waals surface area (Å²) in [5, 5.41) is 0.719. The summed E-state index contributed by atoms with van der Waals surface area (Å²) in [4.78, 5) is 18.7. The van der Waals surface area contributed by atoms with Crippen LogP contribution in [0.4, 0.5) is 0 Å². The zero-order chi connectivity index (χ0) is 14.8. The Balaban J connectivity index is 1.89. The molecular formula is C16H14BrClN2O. The first-order valence-corrected chi connectivity index (χ1v) is 8.01. The third-order valence-corrected chi connectivity index (χ3v) is 4.57. The lowest BCUT2D eigenvalue weighted by atomic mass is 10.0. The van der Waals surface area contributed by atoms with Crippen LogP contribution in [0.5, 0.6) is 0 Å². The highest BCUT2D eigenvalue weighted by molar-refractivity contribution is 9.10. The molecule has 21 heavy (non-hydrogen) atoms. The first kappa shape index (κ1) is 14.5. The molecule has 0 saturated carbocycles. The zero-order valence-electron chi connectivity index (χ0n) is 11.3. The zero-order valence-corrected chi connectivity index (χ0v) is 13.6. The molecule has 3 rings (SSSR count). The van der Waals surface area contributed by atoms with Gasteiger partial charge in [0.2, 0.25) is 0 Å². The van der Waals surface area contributed by atoms with Crippen molar-refractivity contribution in [1.29, 1.82) is 0 Å². The predicted molar refractivity (Wildman–Crippen MR) is 86.4 cm³/mol. The number of benzene rings is 1. The third-order valence-electron chi connectivity index (χ3n) is 3.75. The second-order valence-electron chi connectivity index (χ2n) is 5.05. The van der Waals surface area contributed by atoms with E-state index in [1.807, 2.05) is 29.2 Å². The van der Waals surface area contributed by atoms with Crippen molar-refractivity contribution in [2.75, 3.05) is 6.54 Å². The number of amides is 1. The van der Waals surface area contributed by atoms with Crippen LogP contribution in [0.3, 0.4) is 0 Å². The van der Waals surface area contributed by atoms with Crippen molar-refractivity contribution in [3.8, 4) is 0 Å². The molecule has 2 aromatic rings. The fourth-order valence-electron chi connectivity index (χ4n) is 2.75. The van der Waals surface area contributed by atoms with Gasteiger partial charge >= 0.3 is 0 Å². The number of likely N-dealkylation sites (tertiary alicyclic amines) is 1. The SMILES string of the molecule is O=C(c1ccc(Br)nc1)N1CCCC1c1ccccc1Cl. The highest BCUT2D eigenvalue weighted by atomic mass is 79.9. The standard InChI is InChI=1S/C16H14BrClN2O/c17-15-8-7-11(10-19-15)16(21)20-9-3-6-14(20)12-4-1-2-5-13(12)18/h1-2,4-5,7-8,10,14H,3,6,9H2. The van der Waals surface area contributed by atoms with Crippen LogP contribution in [0.25, 0.3) is 0 Å². The lowest BCUT2D eigenvalue weighted by Gasteiger charge is -2.25. The van der Waals surface area contributed by atoms with Crippen LogP contribution in [-0.4, -0.2) is 22.3 Å². The van der Waals surface area contributed by atoms with Gasteiger partial charge in [-0.25, -0.2) is 4.98 Å². The van der Waals surface area contributed by atoms with Gasteiger partial charge in [-0.05, 0) is 52.5 Å². The van der Waals surface area contributed by atoms with Gasteiger partial charge in [0.1, 0.15) is 4.60 Å². The molecule has 0 spiro atoms. The summed E-state index contributed by atoms with van der Waals surface area (Å²) >= 11 is 9.57. The Morgan fingerprint density at radius 3 is 2.81 bits per heavy atom. The maximum atomic E-state index is 12.7. The Kier molecular flexibility index (Phi) is 4.27. The summed E-state index contributed by atoms with van der Waals surface area (Å²) in [6.45, 7) is 0.755. The topological polar surface area (TPSA) is 33.2 Å². The second-order valence-corrected chi connectivity index (χ2v) is 6.27. The van der Waals surface area contributed by atoms with E-state index in [0.717, 1.165) is 34.6 Å². The van der Waals surface area contributed by atoms with Crippen molar-refractivity contribution >= 4 is 33.4 Å². The van der Waals surface area contributed by atoms with E-state index in [0.29, 0.717) is 5.56 Å². The fourth-order valence-corrected chi connectivity index (χ4v) is 3.24. The van der Waals surface area contributed by atoms with Gasteiger partial charge in [-0.2, -0.15) is 0 Å². The molecule has 1 unspecified atom stereocenters. The van der Waals surface area contributed by atoms with Crippen LogP contribution >= 0.6 is 27.5 Å². The Morgan fingerprint density at radius 1 is 1.29 bits per heavy atom. The van der Waals surface area contributed by atoms with E-state index in [1.54, 1.807) is 18.3 Å². The number of carbonyl (C=O) groups excluding carboxylic acids is 1. The van der Waals surface area contributed by atoms with Crippen molar-refractivity contribution in [3.63, 3.8) is 0 Å². The van der Waals surface area contributed by atoms with E-state index in [-0.39, 0.29) is 11.9 Å². The average molecular weight is 366 g/mol. The molecule has 1 amide bonds. The Labute approximate surface area is 137 Å². The summed E-state index contributed by atoms with van der Waals surface area (Å²) in [6, 6.07) is 11.4. The largest absolute Gasteiger partial charge is 0.332 e. The monoisotopic (exact) mass is 364 g/mol. The third kappa shape index (κ3) is 2.97. The highest BCUT2D eigenvalue weighted by Crippen LogP contribution is 2.36. The number of hydrogen-bond acceptors (Lipinski definition) is 2. The lowest BCUT2D eigenvalue weighted by molar-refractivity contribution is 0.0735. The second kappa shape index (κ2) is 6.16. The molecule has 2 heterocycles. The molecule has 108 valence electrons. The average Bonchev–Trinajstić information content (AvgIpc) is 2.97. The first-order valence-electron chi connectivity index (χ1n) is 6.84. The number of carbonyl (C=O) groups is 1. The Morgan fingerprint density at radius 2 is 2.10 bits per heavy atom. The quantitative estimate of drug-likeness (QED) is 0.735. The summed E-state index contributed by atoms with van der Waals surface area (Å²) < 4.78 is 0.725. The van der Waals surface area contributed by atoms with Crippen molar-refractivity contribution < 1.29 is 4.79 Å². The number of aromatic nitrogens is 1. The molecule has 1 aliphatic heterocycles. The number of hydrogen-bond donors (Lipinski definition) is 0. The van der Waals surface area contributed by atoms with Crippen LogP contribution in [0.1, 0.15) is 34.8 Å². The summed E-state index contributed by atoms with van der Waals surface area (Å²) in [5.41, 5.74) is 1.63. The van der Waals surface area contributed by atoms with Crippen molar-refractivity contribution in [2.45, 2.75) is 18.9 Å². The molecule has 0 bridgehead atoms. The molecular weight excluding hydrogens is 352 g/mol. The molecule has 1 fully saturated rings. The van der Waals surface area contributed by atoms with Crippen LogP contribution < -0.4 is 0 Å². The van der Waals surface area contributed by atoms with Gasteiger partial charge in [0.25, 0.3) is 5.91 Å². The molecule has 0 N–H and O–H groups in total. The minimum Gasteiger partial charge on any atom is -0.332 e. The number of nitrogens with zero attached hydrogens (tertiary/aromatic N) is 2. The van der Waals surface area contributed by atoms with E-state index in [2.05, 4.69) is 20.9 Å². The molecule has 0 radical (unpaired) electrons. The summed E-state index contributed by atoms with van der Waals surface area (Å²) in [5.74, 6) is 0.0115. The first-order chi connectivity index (χ1) is 10.2. The van der Waals surface area contributed by atoms with Crippen molar-refractivity contribution in [1.82, 2.24) is 9.88 Å². The molecule has 1 atom stereocenters. The van der Waals surface area contributed by atoms with Gasteiger partial charge in [-0.15, -0.1) is 0 Å². The van der Waals surface area contributed by atoms with E-state index in [4.69, 9.17) is 11.6 Å². The van der Waals surface area contributed by atoms with E-state index >= 15 is 0 Å². The molecule has 1 aliphatic rings. The minimum atomic E-state index is 0.0115. The maximum absolute atomic E-state index is 12.7. The maximum Gasteiger partial charge on any atom is 0.255 e. The molecule has 1 saturated heterocycles. The number of halogens is 2. The molecule has 1 aromatic heterocycles. The van der Waals surface area contributed by atoms with Crippen LogP contribution in [0.15, 0.2) is 47.2 Å².